The average Bonchev–Trinajstić information content (AvgIpc) is 3.36. The van der Waals surface area contributed by atoms with Crippen molar-refractivity contribution in [3.05, 3.63) is 41.7 Å². The first kappa shape index (κ1) is 18.1. The second-order valence-electron chi connectivity index (χ2n) is 6.33. The monoisotopic (exact) mass is 357 g/mol. The van der Waals surface area contributed by atoms with Crippen molar-refractivity contribution in [3.63, 3.8) is 0 Å². The number of nitrogens with zero attached hydrogens (tertiary/aromatic N) is 2. The minimum absolute atomic E-state index is 0.280. The number of nitrogens with one attached hydrogen (secondary N) is 3. The van der Waals surface area contributed by atoms with Crippen LogP contribution in [0.4, 0.5) is 0 Å². The molecule has 1 aromatic heterocycles. The average molecular weight is 357 g/mol. The minimum Gasteiger partial charge on any atom is -0.493 e. The number of para-hydroxylation sites is 1. The molecule has 1 fully saturated rings. The molecule has 1 heterocycles. The van der Waals surface area contributed by atoms with E-state index in [0.717, 1.165) is 35.6 Å². The van der Waals surface area contributed by atoms with Gasteiger partial charge in [0.25, 0.3) is 0 Å². The molecular weight excluding hydrogens is 330 g/mol. The van der Waals surface area contributed by atoms with E-state index in [4.69, 9.17) is 9.47 Å². The summed E-state index contributed by atoms with van der Waals surface area (Å²) in [5, 5.41) is 13.5. The Labute approximate surface area is 154 Å². The summed E-state index contributed by atoms with van der Waals surface area (Å²) in [6.45, 7) is 1.23. The molecule has 3 rings (SSSR count). The summed E-state index contributed by atoms with van der Waals surface area (Å²) in [5.41, 5.74) is 2.06. The highest BCUT2D eigenvalue weighted by molar-refractivity contribution is 5.79. The second kappa shape index (κ2) is 9.12. The zero-order valence-corrected chi connectivity index (χ0v) is 15.4. The number of hydrogen-bond donors (Lipinski definition) is 3. The van der Waals surface area contributed by atoms with Crippen molar-refractivity contribution in [2.24, 2.45) is 4.99 Å². The smallest absolute Gasteiger partial charge is 0.191 e. The lowest BCUT2D eigenvalue weighted by atomic mass is 10.1. The molecule has 26 heavy (non-hydrogen) atoms. The molecule has 0 saturated heterocycles. The van der Waals surface area contributed by atoms with Gasteiger partial charge in [-0.25, -0.2) is 0 Å². The molecule has 3 N–H and O–H groups in total. The lowest BCUT2D eigenvalue weighted by Gasteiger charge is -2.20. The maximum atomic E-state index is 6.27. The molecule has 0 aliphatic heterocycles. The number of aromatic amines is 1. The van der Waals surface area contributed by atoms with E-state index in [0.29, 0.717) is 19.0 Å². The van der Waals surface area contributed by atoms with Crippen LogP contribution in [0.1, 0.15) is 36.9 Å². The van der Waals surface area contributed by atoms with E-state index in [9.17, 15) is 0 Å². The van der Waals surface area contributed by atoms with Crippen LogP contribution in [0.3, 0.4) is 0 Å². The first-order valence-electron chi connectivity index (χ1n) is 9.05. The summed E-state index contributed by atoms with van der Waals surface area (Å²) in [6, 6.07) is 7.91. The van der Waals surface area contributed by atoms with Crippen LogP contribution in [-0.4, -0.2) is 36.4 Å². The normalized spacial score (nSPS) is 15.1. The van der Waals surface area contributed by atoms with Crippen LogP contribution < -0.4 is 20.1 Å². The Balaban J connectivity index is 1.63. The van der Waals surface area contributed by atoms with Gasteiger partial charge in [-0.15, -0.1) is 0 Å². The van der Waals surface area contributed by atoms with Gasteiger partial charge in [0.05, 0.1) is 25.5 Å². The topological polar surface area (TPSA) is 83.6 Å². The van der Waals surface area contributed by atoms with Crippen molar-refractivity contribution in [1.29, 1.82) is 0 Å². The van der Waals surface area contributed by atoms with E-state index in [1.165, 1.54) is 12.8 Å². The molecule has 7 heteroatoms. The third-order valence-electron chi connectivity index (χ3n) is 4.54. The third-order valence-corrected chi connectivity index (χ3v) is 4.54. The zero-order chi connectivity index (χ0) is 18.2. The van der Waals surface area contributed by atoms with E-state index in [2.05, 4.69) is 31.9 Å². The number of guanidine groups is 1. The van der Waals surface area contributed by atoms with Gasteiger partial charge in [-0.3, -0.25) is 10.1 Å². The SMILES string of the molecule is CN=C(NCc1ccn[nH]1)NCc1cccc(OC)c1OC1CCCC1. The minimum atomic E-state index is 0.280. The van der Waals surface area contributed by atoms with E-state index >= 15 is 0 Å². The number of methoxy groups -OCH3 is 1. The molecular formula is C19H27N5O2. The predicted molar refractivity (Wildman–Crippen MR) is 102 cm³/mol. The molecule has 1 aliphatic carbocycles. The highest BCUT2D eigenvalue weighted by atomic mass is 16.5. The number of benzene rings is 1. The number of ether oxygens (including phenoxy) is 2. The Bertz CT molecular complexity index is 709. The molecule has 7 nitrogen and oxygen atoms in total. The quantitative estimate of drug-likeness (QED) is 0.524. The second-order valence-corrected chi connectivity index (χ2v) is 6.33. The van der Waals surface area contributed by atoms with Crippen molar-refractivity contribution >= 4 is 5.96 Å². The van der Waals surface area contributed by atoms with Crippen LogP contribution in [0.25, 0.3) is 0 Å². The largest absolute Gasteiger partial charge is 0.493 e. The number of aliphatic imine (C=N–C) groups is 1. The van der Waals surface area contributed by atoms with Crippen LogP contribution in [-0.2, 0) is 13.1 Å². The lowest BCUT2D eigenvalue weighted by Crippen LogP contribution is -2.36. The van der Waals surface area contributed by atoms with E-state index in [1.54, 1.807) is 20.4 Å². The molecule has 0 bridgehead atoms. The Hall–Kier alpha value is -2.70. The Morgan fingerprint density at radius 2 is 2.04 bits per heavy atom. The molecule has 0 unspecified atom stereocenters. The van der Waals surface area contributed by atoms with Gasteiger partial charge in [0.15, 0.2) is 17.5 Å². The number of aromatic nitrogens is 2. The molecule has 0 atom stereocenters. The first-order valence-corrected chi connectivity index (χ1v) is 9.05. The number of hydrogen-bond acceptors (Lipinski definition) is 4. The summed E-state index contributed by atoms with van der Waals surface area (Å²) >= 11 is 0. The van der Waals surface area contributed by atoms with Crippen LogP contribution in [0.15, 0.2) is 35.5 Å². The summed E-state index contributed by atoms with van der Waals surface area (Å²) in [6.07, 6.45) is 6.70. The highest BCUT2D eigenvalue weighted by Gasteiger charge is 2.20. The highest BCUT2D eigenvalue weighted by Crippen LogP contribution is 2.34. The fourth-order valence-corrected chi connectivity index (χ4v) is 3.13. The van der Waals surface area contributed by atoms with Gasteiger partial charge < -0.3 is 20.1 Å². The molecule has 2 aromatic rings. The predicted octanol–water partition coefficient (Wildman–Crippen LogP) is 2.60. The van der Waals surface area contributed by atoms with Gasteiger partial charge in [0.1, 0.15) is 0 Å². The molecule has 1 aromatic carbocycles. The number of H-pyrrole nitrogens is 1. The Morgan fingerprint density at radius 3 is 2.73 bits per heavy atom. The van der Waals surface area contributed by atoms with Gasteiger partial charge in [0.2, 0.25) is 0 Å². The fraction of sp³-hybridized carbons (Fsp3) is 0.474. The van der Waals surface area contributed by atoms with Crippen LogP contribution >= 0.6 is 0 Å². The Morgan fingerprint density at radius 1 is 1.23 bits per heavy atom. The zero-order valence-electron chi connectivity index (χ0n) is 15.4. The van der Waals surface area contributed by atoms with Gasteiger partial charge in [-0.1, -0.05) is 12.1 Å². The van der Waals surface area contributed by atoms with Gasteiger partial charge >= 0.3 is 0 Å². The summed E-state index contributed by atoms with van der Waals surface area (Å²) < 4.78 is 11.8. The summed E-state index contributed by atoms with van der Waals surface area (Å²) in [5.74, 6) is 2.32. The first-order chi connectivity index (χ1) is 12.8. The van der Waals surface area contributed by atoms with Gasteiger partial charge in [0, 0.05) is 25.4 Å². The van der Waals surface area contributed by atoms with E-state index in [1.807, 2.05) is 18.2 Å². The van der Waals surface area contributed by atoms with Crippen LogP contribution in [0, 0.1) is 0 Å². The molecule has 1 aliphatic rings. The molecule has 0 spiro atoms. The third kappa shape index (κ3) is 4.68. The standard InChI is InChI=1S/C19H27N5O2/c1-20-19(22-13-15-10-11-23-24-15)21-12-14-6-5-9-17(25-2)18(14)26-16-7-3-4-8-16/h5-6,9-11,16H,3-4,7-8,12-13H2,1-2H3,(H,23,24)(H2,20,21,22). The van der Waals surface area contributed by atoms with Gasteiger partial charge in [-0.05, 0) is 37.8 Å². The van der Waals surface area contributed by atoms with Crippen LogP contribution in [0.5, 0.6) is 11.5 Å². The van der Waals surface area contributed by atoms with Crippen molar-refractivity contribution in [1.82, 2.24) is 20.8 Å². The summed E-state index contributed by atoms with van der Waals surface area (Å²) in [4.78, 5) is 4.27. The fourth-order valence-electron chi connectivity index (χ4n) is 3.13. The van der Waals surface area contributed by atoms with Crippen LogP contribution in [0.2, 0.25) is 0 Å². The maximum Gasteiger partial charge on any atom is 0.191 e. The molecule has 1 saturated carbocycles. The van der Waals surface area contributed by atoms with E-state index < -0.39 is 0 Å². The number of rotatable bonds is 7. The van der Waals surface area contributed by atoms with Crippen molar-refractivity contribution in [2.45, 2.75) is 44.9 Å². The van der Waals surface area contributed by atoms with Gasteiger partial charge in [-0.2, -0.15) is 5.10 Å². The van der Waals surface area contributed by atoms with Crippen molar-refractivity contribution in [3.8, 4) is 11.5 Å². The van der Waals surface area contributed by atoms with E-state index in [-0.39, 0.29) is 6.10 Å². The summed E-state index contributed by atoms with van der Waals surface area (Å²) in [7, 11) is 3.43. The molecule has 0 radical (unpaired) electrons. The van der Waals surface area contributed by atoms with Crippen molar-refractivity contribution < 1.29 is 9.47 Å². The Kier molecular flexibility index (Phi) is 6.35. The molecule has 0 amide bonds. The van der Waals surface area contributed by atoms with Crippen molar-refractivity contribution in [2.75, 3.05) is 14.2 Å². The molecule has 140 valence electrons. The maximum absolute atomic E-state index is 6.27. The lowest BCUT2D eigenvalue weighted by molar-refractivity contribution is 0.198.